The molecule has 0 spiro atoms. The van der Waals surface area contributed by atoms with Gasteiger partial charge in [0.15, 0.2) is 0 Å². The molecule has 2 N–H and O–H groups in total. The predicted molar refractivity (Wildman–Crippen MR) is 88.1 cm³/mol. The Hall–Kier alpha value is -2.40. The van der Waals surface area contributed by atoms with Crippen LogP contribution in [-0.2, 0) is 6.61 Å². The Morgan fingerprint density at radius 3 is 3.04 bits per heavy atom. The van der Waals surface area contributed by atoms with Gasteiger partial charge in [-0.3, -0.25) is 9.78 Å². The standard InChI is InChI=1S/C18H21N3O2/c19-11-16-6-3-9-21(16)18(22)15-5-1-7-17(10-15)23-13-14-4-2-8-20-12-14/h1-2,4-5,7-8,10,12,16H,3,6,9,11,13,19H2/t16-/m1/s1. The van der Waals surface area contributed by atoms with Gasteiger partial charge in [-0.05, 0) is 37.1 Å². The maximum atomic E-state index is 12.6. The Morgan fingerprint density at radius 2 is 2.26 bits per heavy atom. The maximum Gasteiger partial charge on any atom is 0.254 e. The van der Waals surface area contributed by atoms with Gasteiger partial charge < -0.3 is 15.4 Å². The van der Waals surface area contributed by atoms with Gasteiger partial charge in [0.2, 0.25) is 0 Å². The fraction of sp³-hybridized carbons (Fsp3) is 0.333. The molecule has 5 heteroatoms. The first kappa shape index (κ1) is 15.5. The second-order valence-electron chi connectivity index (χ2n) is 5.71. The van der Waals surface area contributed by atoms with Crippen molar-refractivity contribution >= 4 is 5.91 Å². The first-order valence-electron chi connectivity index (χ1n) is 7.91. The highest BCUT2D eigenvalue weighted by atomic mass is 16.5. The van der Waals surface area contributed by atoms with Crippen molar-refractivity contribution in [2.75, 3.05) is 13.1 Å². The lowest BCUT2D eigenvalue weighted by atomic mass is 10.1. The number of carbonyl (C=O) groups is 1. The normalized spacial score (nSPS) is 17.3. The Balaban J connectivity index is 1.68. The van der Waals surface area contributed by atoms with E-state index in [2.05, 4.69) is 4.98 Å². The zero-order valence-corrected chi connectivity index (χ0v) is 13.0. The summed E-state index contributed by atoms with van der Waals surface area (Å²) < 4.78 is 5.76. The quantitative estimate of drug-likeness (QED) is 0.919. The van der Waals surface area contributed by atoms with Gasteiger partial charge >= 0.3 is 0 Å². The fourth-order valence-electron chi connectivity index (χ4n) is 2.88. The van der Waals surface area contributed by atoms with Crippen molar-refractivity contribution in [2.45, 2.75) is 25.5 Å². The lowest BCUT2D eigenvalue weighted by Gasteiger charge is -2.23. The lowest BCUT2D eigenvalue weighted by molar-refractivity contribution is 0.0740. The second kappa shape index (κ2) is 7.24. The number of aromatic nitrogens is 1. The molecule has 1 aromatic heterocycles. The number of nitrogens with two attached hydrogens (primary N) is 1. The van der Waals surface area contributed by atoms with Crippen molar-refractivity contribution in [3.8, 4) is 5.75 Å². The molecule has 0 unspecified atom stereocenters. The largest absolute Gasteiger partial charge is 0.489 e. The molecule has 0 bridgehead atoms. The van der Waals surface area contributed by atoms with Gasteiger partial charge in [0, 0.05) is 42.7 Å². The van der Waals surface area contributed by atoms with Crippen LogP contribution in [0.5, 0.6) is 5.75 Å². The Bertz CT molecular complexity index is 660. The summed E-state index contributed by atoms with van der Waals surface area (Å²) in [6.07, 6.45) is 5.50. The van der Waals surface area contributed by atoms with Gasteiger partial charge in [0.05, 0.1) is 0 Å². The number of pyridine rings is 1. The first-order valence-corrected chi connectivity index (χ1v) is 7.91. The van der Waals surface area contributed by atoms with Crippen LogP contribution in [0.4, 0.5) is 0 Å². The van der Waals surface area contributed by atoms with Crippen LogP contribution in [0.15, 0.2) is 48.8 Å². The lowest BCUT2D eigenvalue weighted by Crippen LogP contribution is -2.39. The van der Waals surface area contributed by atoms with Crippen LogP contribution in [0, 0.1) is 0 Å². The van der Waals surface area contributed by atoms with Crippen LogP contribution in [-0.4, -0.2) is 34.9 Å². The molecule has 0 aliphatic carbocycles. The van der Waals surface area contributed by atoms with Gasteiger partial charge in [0.1, 0.15) is 12.4 Å². The highest BCUT2D eigenvalue weighted by Gasteiger charge is 2.28. The molecule has 120 valence electrons. The highest BCUT2D eigenvalue weighted by Crippen LogP contribution is 2.22. The minimum absolute atomic E-state index is 0.0322. The van der Waals surface area contributed by atoms with Crippen molar-refractivity contribution in [1.82, 2.24) is 9.88 Å². The minimum atomic E-state index is 0.0322. The van der Waals surface area contributed by atoms with Crippen LogP contribution in [0.2, 0.25) is 0 Å². The third-order valence-electron chi connectivity index (χ3n) is 4.12. The van der Waals surface area contributed by atoms with E-state index in [1.807, 2.05) is 35.2 Å². The van der Waals surface area contributed by atoms with E-state index in [0.29, 0.717) is 24.5 Å². The van der Waals surface area contributed by atoms with E-state index in [1.165, 1.54) is 0 Å². The molecule has 1 aromatic carbocycles. The van der Waals surface area contributed by atoms with Crippen LogP contribution < -0.4 is 10.5 Å². The zero-order valence-electron chi connectivity index (χ0n) is 13.0. The average molecular weight is 311 g/mol. The summed E-state index contributed by atoms with van der Waals surface area (Å²) in [5.74, 6) is 0.716. The number of likely N-dealkylation sites (tertiary alicyclic amines) is 1. The summed E-state index contributed by atoms with van der Waals surface area (Å²) in [5, 5.41) is 0. The molecule has 1 saturated heterocycles. The van der Waals surface area contributed by atoms with Crippen LogP contribution in [0.25, 0.3) is 0 Å². The average Bonchev–Trinajstić information content (AvgIpc) is 3.09. The molecule has 0 saturated carbocycles. The molecule has 2 heterocycles. The van der Waals surface area contributed by atoms with E-state index in [1.54, 1.807) is 18.5 Å². The molecular formula is C18H21N3O2. The molecule has 0 radical (unpaired) electrons. The highest BCUT2D eigenvalue weighted by molar-refractivity contribution is 5.95. The summed E-state index contributed by atoms with van der Waals surface area (Å²) in [4.78, 5) is 18.6. The summed E-state index contributed by atoms with van der Waals surface area (Å²) in [6, 6.07) is 11.3. The minimum Gasteiger partial charge on any atom is -0.489 e. The van der Waals surface area contributed by atoms with E-state index in [9.17, 15) is 4.79 Å². The number of nitrogens with zero attached hydrogens (tertiary/aromatic N) is 2. The summed E-state index contributed by atoms with van der Waals surface area (Å²) in [5.41, 5.74) is 7.40. The van der Waals surface area contributed by atoms with Gasteiger partial charge in [-0.2, -0.15) is 0 Å². The Morgan fingerprint density at radius 1 is 1.35 bits per heavy atom. The number of ether oxygens (including phenoxy) is 1. The van der Waals surface area contributed by atoms with Crippen molar-refractivity contribution < 1.29 is 9.53 Å². The van der Waals surface area contributed by atoms with Crippen molar-refractivity contribution in [3.63, 3.8) is 0 Å². The number of carbonyl (C=O) groups excluding carboxylic acids is 1. The zero-order chi connectivity index (χ0) is 16.1. The Kier molecular flexibility index (Phi) is 4.88. The fourth-order valence-corrected chi connectivity index (χ4v) is 2.88. The summed E-state index contributed by atoms with van der Waals surface area (Å²) in [6.45, 7) is 1.73. The van der Waals surface area contributed by atoms with E-state index in [0.717, 1.165) is 24.9 Å². The monoisotopic (exact) mass is 311 g/mol. The molecule has 1 amide bonds. The molecular weight excluding hydrogens is 290 g/mol. The van der Waals surface area contributed by atoms with E-state index in [4.69, 9.17) is 10.5 Å². The molecule has 5 nitrogen and oxygen atoms in total. The topological polar surface area (TPSA) is 68.5 Å². The van der Waals surface area contributed by atoms with Crippen molar-refractivity contribution in [2.24, 2.45) is 5.73 Å². The SMILES string of the molecule is NC[C@H]1CCCN1C(=O)c1cccc(OCc2cccnc2)c1. The van der Waals surface area contributed by atoms with Crippen LogP contribution >= 0.6 is 0 Å². The maximum absolute atomic E-state index is 12.6. The van der Waals surface area contributed by atoms with E-state index in [-0.39, 0.29) is 11.9 Å². The number of benzene rings is 1. The van der Waals surface area contributed by atoms with Gasteiger partial charge in [-0.1, -0.05) is 12.1 Å². The molecule has 1 aliphatic heterocycles. The van der Waals surface area contributed by atoms with Crippen LogP contribution in [0.1, 0.15) is 28.8 Å². The second-order valence-corrected chi connectivity index (χ2v) is 5.71. The molecule has 1 fully saturated rings. The number of amides is 1. The predicted octanol–water partition coefficient (Wildman–Crippen LogP) is 2.22. The third-order valence-corrected chi connectivity index (χ3v) is 4.12. The smallest absolute Gasteiger partial charge is 0.254 e. The number of rotatable bonds is 5. The van der Waals surface area contributed by atoms with E-state index < -0.39 is 0 Å². The summed E-state index contributed by atoms with van der Waals surface area (Å²) in [7, 11) is 0. The number of hydrogen-bond donors (Lipinski definition) is 1. The van der Waals surface area contributed by atoms with Crippen molar-refractivity contribution in [1.29, 1.82) is 0 Å². The summed E-state index contributed by atoms with van der Waals surface area (Å²) >= 11 is 0. The van der Waals surface area contributed by atoms with E-state index >= 15 is 0 Å². The Labute approximate surface area is 136 Å². The van der Waals surface area contributed by atoms with Gasteiger partial charge in [-0.15, -0.1) is 0 Å². The van der Waals surface area contributed by atoms with Crippen molar-refractivity contribution in [3.05, 3.63) is 59.9 Å². The van der Waals surface area contributed by atoms with Crippen LogP contribution in [0.3, 0.4) is 0 Å². The molecule has 1 aliphatic rings. The molecule has 1 atom stereocenters. The third kappa shape index (κ3) is 3.68. The first-order chi connectivity index (χ1) is 11.3. The van der Waals surface area contributed by atoms with Gasteiger partial charge in [0.25, 0.3) is 5.91 Å². The molecule has 23 heavy (non-hydrogen) atoms. The number of hydrogen-bond acceptors (Lipinski definition) is 4. The molecule has 2 aromatic rings. The molecule has 3 rings (SSSR count). The van der Waals surface area contributed by atoms with Gasteiger partial charge in [-0.25, -0.2) is 0 Å².